The molecule has 0 saturated carbocycles. The van der Waals surface area contributed by atoms with Crippen LogP contribution < -0.4 is 4.74 Å². The summed E-state index contributed by atoms with van der Waals surface area (Å²) in [7, 11) is 1.65. The maximum absolute atomic E-state index is 6.29. The fourth-order valence-corrected chi connectivity index (χ4v) is 4.05. The summed E-state index contributed by atoms with van der Waals surface area (Å²) in [5.41, 5.74) is 1.99. The van der Waals surface area contributed by atoms with E-state index in [2.05, 4.69) is 14.8 Å². The summed E-state index contributed by atoms with van der Waals surface area (Å²) in [4.78, 5) is 0. The molecule has 28 heavy (non-hydrogen) atoms. The minimum atomic E-state index is 0.539. The van der Waals surface area contributed by atoms with Crippen molar-refractivity contribution in [1.82, 2.24) is 14.8 Å². The number of nitrogens with zero attached hydrogens (tertiary/aromatic N) is 3. The number of methoxy groups -OCH3 is 1. The third kappa shape index (κ3) is 4.08. The highest BCUT2D eigenvalue weighted by molar-refractivity contribution is 7.98. The minimum Gasteiger partial charge on any atom is -0.497 e. The second-order valence-corrected chi connectivity index (χ2v) is 7.43. The van der Waals surface area contributed by atoms with E-state index in [4.69, 9.17) is 20.8 Å². The first-order chi connectivity index (χ1) is 13.7. The van der Waals surface area contributed by atoms with Gasteiger partial charge >= 0.3 is 0 Å². The van der Waals surface area contributed by atoms with Crippen molar-refractivity contribution >= 4 is 23.4 Å². The van der Waals surface area contributed by atoms with Crippen molar-refractivity contribution in [1.29, 1.82) is 0 Å². The maximum Gasteiger partial charge on any atom is 0.192 e. The van der Waals surface area contributed by atoms with E-state index in [1.807, 2.05) is 60.7 Å². The van der Waals surface area contributed by atoms with Gasteiger partial charge in [0, 0.05) is 16.3 Å². The average Bonchev–Trinajstić information content (AvgIpc) is 3.38. The second-order valence-electron chi connectivity index (χ2n) is 6.08. The third-order valence-corrected chi connectivity index (χ3v) is 5.64. The second kappa shape index (κ2) is 8.54. The van der Waals surface area contributed by atoms with Gasteiger partial charge in [0.25, 0.3) is 0 Å². The molecule has 2 aromatic carbocycles. The van der Waals surface area contributed by atoms with Gasteiger partial charge in [-0.05, 0) is 35.9 Å². The summed E-state index contributed by atoms with van der Waals surface area (Å²) in [5.74, 6) is 3.07. The minimum absolute atomic E-state index is 0.539. The number of benzene rings is 2. The monoisotopic (exact) mass is 411 g/mol. The van der Waals surface area contributed by atoms with E-state index < -0.39 is 0 Å². The first-order valence-electron chi connectivity index (χ1n) is 8.71. The molecule has 0 spiro atoms. The van der Waals surface area contributed by atoms with Crippen LogP contribution >= 0.6 is 23.4 Å². The maximum atomic E-state index is 6.29. The van der Waals surface area contributed by atoms with E-state index in [9.17, 15) is 0 Å². The largest absolute Gasteiger partial charge is 0.497 e. The Hall–Kier alpha value is -2.70. The summed E-state index contributed by atoms with van der Waals surface area (Å²) in [5, 5.41) is 10.4. The van der Waals surface area contributed by atoms with Gasteiger partial charge < -0.3 is 9.15 Å². The van der Waals surface area contributed by atoms with Crippen molar-refractivity contribution in [3.05, 3.63) is 83.3 Å². The van der Waals surface area contributed by atoms with Gasteiger partial charge in [-0.3, -0.25) is 4.57 Å². The molecule has 5 nitrogen and oxygen atoms in total. The quantitative estimate of drug-likeness (QED) is 0.373. The van der Waals surface area contributed by atoms with Crippen LogP contribution in [0.15, 0.2) is 76.5 Å². The molecule has 0 saturated heterocycles. The highest BCUT2D eigenvalue weighted by Gasteiger charge is 2.17. The number of rotatable bonds is 7. The number of furan rings is 1. The molecule has 0 unspecified atom stereocenters. The lowest BCUT2D eigenvalue weighted by Crippen LogP contribution is -2.03. The van der Waals surface area contributed by atoms with Crippen LogP contribution in [0.5, 0.6) is 5.75 Å². The van der Waals surface area contributed by atoms with Gasteiger partial charge in [-0.2, -0.15) is 0 Å². The van der Waals surface area contributed by atoms with Crippen LogP contribution in [-0.4, -0.2) is 21.9 Å². The van der Waals surface area contributed by atoms with E-state index >= 15 is 0 Å². The summed E-state index contributed by atoms with van der Waals surface area (Å²) < 4.78 is 13.0. The standard InChI is InChI=1S/C21H18ClN3O2S/c1-26-17-8-4-7-15(12-17)20-23-24-21(25(20)13-18-9-5-11-27-18)28-14-16-6-2-3-10-19(16)22/h2-12H,13-14H2,1H3. The Balaban J connectivity index is 1.67. The first kappa shape index (κ1) is 18.7. The summed E-state index contributed by atoms with van der Waals surface area (Å²) in [6.07, 6.45) is 1.67. The number of ether oxygens (including phenoxy) is 1. The highest BCUT2D eigenvalue weighted by atomic mass is 35.5. The Morgan fingerprint density at radius 2 is 1.96 bits per heavy atom. The molecule has 0 N–H and O–H groups in total. The molecule has 0 fully saturated rings. The number of halogens is 1. The molecule has 0 atom stereocenters. The van der Waals surface area contributed by atoms with Gasteiger partial charge in [0.15, 0.2) is 11.0 Å². The number of hydrogen-bond acceptors (Lipinski definition) is 5. The Bertz CT molecular complexity index is 1060. The van der Waals surface area contributed by atoms with Crippen molar-refractivity contribution in [3.63, 3.8) is 0 Å². The van der Waals surface area contributed by atoms with E-state index in [1.165, 1.54) is 0 Å². The van der Waals surface area contributed by atoms with E-state index in [-0.39, 0.29) is 0 Å². The first-order valence-corrected chi connectivity index (χ1v) is 10.1. The van der Waals surface area contributed by atoms with Crippen molar-refractivity contribution in [3.8, 4) is 17.1 Å². The van der Waals surface area contributed by atoms with Gasteiger partial charge in [0.1, 0.15) is 11.5 Å². The molecule has 4 rings (SSSR count). The zero-order chi connectivity index (χ0) is 19.3. The van der Waals surface area contributed by atoms with Gasteiger partial charge in [0.2, 0.25) is 0 Å². The lowest BCUT2D eigenvalue weighted by Gasteiger charge is -2.10. The molecule has 0 amide bonds. The SMILES string of the molecule is COc1cccc(-c2nnc(SCc3ccccc3Cl)n2Cc2ccco2)c1. The van der Waals surface area contributed by atoms with Crippen LogP contribution in [0.1, 0.15) is 11.3 Å². The fraction of sp³-hybridized carbons (Fsp3) is 0.143. The smallest absolute Gasteiger partial charge is 0.192 e. The van der Waals surface area contributed by atoms with Crippen molar-refractivity contribution < 1.29 is 9.15 Å². The third-order valence-electron chi connectivity index (χ3n) is 4.25. The molecule has 7 heteroatoms. The Kier molecular flexibility index (Phi) is 5.69. The van der Waals surface area contributed by atoms with Crippen LogP contribution in [0.4, 0.5) is 0 Å². The summed E-state index contributed by atoms with van der Waals surface area (Å²) >= 11 is 7.89. The van der Waals surface area contributed by atoms with E-state index in [0.717, 1.165) is 38.6 Å². The molecule has 2 aromatic heterocycles. The summed E-state index contributed by atoms with van der Waals surface area (Å²) in [6, 6.07) is 19.4. The average molecular weight is 412 g/mol. The van der Waals surface area contributed by atoms with Crippen molar-refractivity contribution in [2.24, 2.45) is 0 Å². The van der Waals surface area contributed by atoms with Gasteiger partial charge in [-0.15, -0.1) is 10.2 Å². The molecule has 0 aliphatic carbocycles. The predicted octanol–water partition coefficient (Wildman–Crippen LogP) is 5.54. The van der Waals surface area contributed by atoms with Crippen LogP contribution in [0.2, 0.25) is 5.02 Å². The van der Waals surface area contributed by atoms with Crippen LogP contribution in [0, 0.1) is 0 Å². The lowest BCUT2D eigenvalue weighted by atomic mass is 10.2. The van der Waals surface area contributed by atoms with Crippen molar-refractivity contribution in [2.75, 3.05) is 7.11 Å². The molecular weight excluding hydrogens is 394 g/mol. The van der Waals surface area contributed by atoms with Gasteiger partial charge in [-0.25, -0.2) is 0 Å². The molecule has 0 bridgehead atoms. The van der Waals surface area contributed by atoms with Crippen LogP contribution in [0.25, 0.3) is 11.4 Å². The topological polar surface area (TPSA) is 53.1 Å². The van der Waals surface area contributed by atoms with Gasteiger partial charge in [-0.1, -0.05) is 53.7 Å². The molecular formula is C21H18ClN3O2S. The molecule has 2 heterocycles. The number of aromatic nitrogens is 3. The fourth-order valence-electron chi connectivity index (χ4n) is 2.83. The number of thioether (sulfide) groups is 1. The molecule has 142 valence electrons. The Labute approximate surface area is 172 Å². The molecule has 0 radical (unpaired) electrons. The van der Waals surface area contributed by atoms with Crippen LogP contribution in [0.3, 0.4) is 0 Å². The normalized spacial score (nSPS) is 10.9. The highest BCUT2D eigenvalue weighted by Crippen LogP contribution is 2.30. The molecule has 0 aliphatic heterocycles. The zero-order valence-electron chi connectivity index (χ0n) is 15.2. The van der Waals surface area contributed by atoms with Crippen LogP contribution in [-0.2, 0) is 12.3 Å². The van der Waals surface area contributed by atoms with E-state index in [0.29, 0.717) is 12.3 Å². The molecule has 0 aliphatic rings. The van der Waals surface area contributed by atoms with Gasteiger partial charge in [0.05, 0.1) is 19.9 Å². The van der Waals surface area contributed by atoms with Crippen molar-refractivity contribution in [2.45, 2.75) is 17.5 Å². The Morgan fingerprint density at radius 3 is 2.75 bits per heavy atom. The number of hydrogen-bond donors (Lipinski definition) is 0. The zero-order valence-corrected chi connectivity index (χ0v) is 16.8. The lowest BCUT2D eigenvalue weighted by molar-refractivity contribution is 0.415. The predicted molar refractivity (Wildman–Crippen MR) is 111 cm³/mol. The van der Waals surface area contributed by atoms with E-state index in [1.54, 1.807) is 25.1 Å². The summed E-state index contributed by atoms with van der Waals surface area (Å²) in [6.45, 7) is 0.539. The molecule has 4 aromatic rings. The Morgan fingerprint density at radius 1 is 1.07 bits per heavy atom.